The molecule has 0 aliphatic carbocycles. The van der Waals surface area contributed by atoms with Crippen molar-refractivity contribution in [2.24, 2.45) is 0 Å². The molecule has 2 aromatic carbocycles. The Morgan fingerprint density at radius 3 is 2.19 bits per heavy atom. The van der Waals surface area contributed by atoms with E-state index in [1.807, 2.05) is 60.7 Å². The summed E-state index contributed by atoms with van der Waals surface area (Å²) >= 11 is 0. The number of anilines is 1. The Balaban J connectivity index is 2.08. The highest BCUT2D eigenvalue weighted by atomic mass is 16.1. The number of hydrogen-bond donors (Lipinski definition) is 1. The summed E-state index contributed by atoms with van der Waals surface area (Å²) in [5, 5.41) is 8.12. The van der Waals surface area contributed by atoms with E-state index < -0.39 is 0 Å². The molecule has 0 fully saturated rings. The molecular weight excluding hydrogens is 264 g/mol. The van der Waals surface area contributed by atoms with Gasteiger partial charge in [-0.15, -0.1) is 10.2 Å². The van der Waals surface area contributed by atoms with Crippen molar-refractivity contribution in [3.05, 3.63) is 66.5 Å². The second kappa shape index (κ2) is 5.58. The Bertz CT molecular complexity index is 750. The summed E-state index contributed by atoms with van der Waals surface area (Å²) in [7, 11) is 0. The monoisotopic (exact) mass is 278 g/mol. The van der Waals surface area contributed by atoms with Crippen molar-refractivity contribution in [2.75, 3.05) is 5.43 Å². The van der Waals surface area contributed by atoms with E-state index in [0.29, 0.717) is 5.82 Å². The predicted molar refractivity (Wildman–Crippen MR) is 80.9 cm³/mol. The van der Waals surface area contributed by atoms with E-state index in [0.717, 1.165) is 11.3 Å². The van der Waals surface area contributed by atoms with Crippen molar-refractivity contribution in [1.29, 1.82) is 0 Å². The molecule has 1 aromatic heterocycles. The number of aromatic nitrogens is 3. The number of benzene rings is 2. The fraction of sp³-hybridized carbons (Fsp3) is 0.0625. The number of carbonyl (C=O) groups excluding carboxylic acids is 1. The van der Waals surface area contributed by atoms with E-state index in [1.54, 1.807) is 4.68 Å². The predicted octanol–water partition coefficient (Wildman–Crippen LogP) is 3.02. The van der Waals surface area contributed by atoms with Gasteiger partial charge in [0.15, 0.2) is 11.6 Å². The molecular formula is C16H14N4O. The Morgan fingerprint density at radius 2 is 1.57 bits per heavy atom. The summed E-state index contributed by atoms with van der Waals surface area (Å²) in [5.41, 5.74) is 4.92. The topological polar surface area (TPSA) is 59.8 Å². The third-order valence-corrected chi connectivity index (χ3v) is 3.02. The number of rotatable bonds is 4. The second-order valence-electron chi connectivity index (χ2n) is 4.58. The van der Waals surface area contributed by atoms with Crippen LogP contribution in [0.4, 0.5) is 5.69 Å². The average Bonchev–Trinajstić information content (AvgIpc) is 2.93. The molecule has 3 aromatic rings. The van der Waals surface area contributed by atoms with Crippen molar-refractivity contribution >= 4 is 11.5 Å². The zero-order valence-corrected chi connectivity index (χ0v) is 11.5. The normalized spacial score (nSPS) is 10.3. The standard InChI is InChI=1S/C16H14N4O/c1-12(21)15-17-18-16(13-8-4-2-5-9-13)20(15)19-14-10-6-3-7-11-14/h2-11,19H,1H3. The van der Waals surface area contributed by atoms with Gasteiger partial charge in [-0.05, 0) is 12.1 Å². The van der Waals surface area contributed by atoms with Crippen LogP contribution in [0.25, 0.3) is 11.4 Å². The van der Waals surface area contributed by atoms with E-state index in [2.05, 4.69) is 15.6 Å². The molecule has 0 unspecified atom stereocenters. The maximum absolute atomic E-state index is 11.7. The van der Waals surface area contributed by atoms with Crippen LogP contribution in [0, 0.1) is 0 Å². The van der Waals surface area contributed by atoms with E-state index in [1.165, 1.54) is 6.92 Å². The van der Waals surface area contributed by atoms with Gasteiger partial charge in [0.25, 0.3) is 0 Å². The van der Waals surface area contributed by atoms with E-state index >= 15 is 0 Å². The molecule has 5 nitrogen and oxygen atoms in total. The lowest BCUT2D eigenvalue weighted by Gasteiger charge is -2.11. The van der Waals surface area contributed by atoms with Gasteiger partial charge in [-0.25, -0.2) is 4.68 Å². The van der Waals surface area contributed by atoms with Gasteiger partial charge in [-0.1, -0.05) is 48.5 Å². The van der Waals surface area contributed by atoms with Crippen molar-refractivity contribution in [1.82, 2.24) is 14.9 Å². The minimum absolute atomic E-state index is 0.145. The maximum Gasteiger partial charge on any atom is 0.219 e. The highest BCUT2D eigenvalue weighted by Crippen LogP contribution is 2.19. The second-order valence-corrected chi connectivity index (χ2v) is 4.58. The molecule has 104 valence electrons. The molecule has 0 amide bonds. The lowest BCUT2D eigenvalue weighted by atomic mass is 10.2. The van der Waals surface area contributed by atoms with Crippen LogP contribution in [0.2, 0.25) is 0 Å². The summed E-state index contributed by atoms with van der Waals surface area (Å²) in [5.74, 6) is 0.732. The van der Waals surface area contributed by atoms with Gasteiger partial charge in [-0.3, -0.25) is 10.2 Å². The first-order chi connectivity index (χ1) is 10.3. The summed E-state index contributed by atoms with van der Waals surface area (Å²) in [4.78, 5) is 11.7. The van der Waals surface area contributed by atoms with Crippen molar-refractivity contribution < 1.29 is 4.79 Å². The molecule has 0 aliphatic rings. The number of nitrogens with one attached hydrogen (secondary N) is 1. The number of carbonyl (C=O) groups is 1. The summed E-state index contributed by atoms with van der Waals surface area (Å²) in [6.07, 6.45) is 0. The van der Waals surface area contributed by atoms with Crippen LogP contribution >= 0.6 is 0 Å². The molecule has 0 aliphatic heterocycles. The molecule has 5 heteroatoms. The lowest BCUT2D eigenvalue weighted by Crippen LogP contribution is -2.16. The lowest BCUT2D eigenvalue weighted by molar-refractivity contribution is 0.100. The minimum Gasteiger partial charge on any atom is -0.291 e. The third-order valence-electron chi connectivity index (χ3n) is 3.02. The number of nitrogens with zero attached hydrogens (tertiary/aromatic N) is 3. The number of ketones is 1. The number of Topliss-reactive ketones (excluding diaryl/α,β-unsaturated/α-hetero) is 1. The smallest absolute Gasteiger partial charge is 0.219 e. The van der Waals surface area contributed by atoms with Crippen LogP contribution in [0.5, 0.6) is 0 Å². The quantitative estimate of drug-likeness (QED) is 0.745. The van der Waals surface area contributed by atoms with E-state index in [4.69, 9.17) is 0 Å². The molecule has 1 heterocycles. The Labute approximate surface area is 122 Å². The van der Waals surface area contributed by atoms with Gasteiger partial charge in [0.05, 0.1) is 5.69 Å². The van der Waals surface area contributed by atoms with E-state index in [9.17, 15) is 4.79 Å². The number of para-hydroxylation sites is 1. The van der Waals surface area contributed by atoms with Crippen LogP contribution in [-0.2, 0) is 0 Å². The summed E-state index contributed by atoms with van der Waals surface area (Å²) in [6, 6.07) is 19.2. The Morgan fingerprint density at radius 1 is 0.952 bits per heavy atom. The van der Waals surface area contributed by atoms with Crippen LogP contribution < -0.4 is 5.43 Å². The first-order valence-corrected chi connectivity index (χ1v) is 6.59. The summed E-state index contributed by atoms with van der Waals surface area (Å²) < 4.78 is 1.62. The average molecular weight is 278 g/mol. The fourth-order valence-corrected chi connectivity index (χ4v) is 2.03. The maximum atomic E-state index is 11.7. The molecule has 0 saturated heterocycles. The van der Waals surface area contributed by atoms with Gasteiger partial charge >= 0.3 is 0 Å². The Hall–Kier alpha value is -2.95. The molecule has 21 heavy (non-hydrogen) atoms. The van der Waals surface area contributed by atoms with Crippen LogP contribution in [0.3, 0.4) is 0 Å². The molecule has 0 saturated carbocycles. The molecule has 0 spiro atoms. The van der Waals surface area contributed by atoms with Gasteiger partial charge in [0, 0.05) is 12.5 Å². The summed E-state index contributed by atoms with van der Waals surface area (Å²) in [6.45, 7) is 1.47. The molecule has 0 atom stereocenters. The zero-order chi connectivity index (χ0) is 14.7. The molecule has 3 rings (SSSR count). The van der Waals surface area contributed by atoms with Crippen molar-refractivity contribution in [3.63, 3.8) is 0 Å². The largest absolute Gasteiger partial charge is 0.291 e. The van der Waals surface area contributed by atoms with Crippen LogP contribution in [0.15, 0.2) is 60.7 Å². The highest BCUT2D eigenvalue weighted by Gasteiger charge is 2.17. The Kier molecular flexibility index (Phi) is 3.47. The zero-order valence-electron chi connectivity index (χ0n) is 11.5. The molecule has 0 bridgehead atoms. The first kappa shape index (κ1) is 13.1. The van der Waals surface area contributed by atoms with Crippen LogP contribution in [-0.4, -0.2) is 20.7 Å². The van der Waals surface area contributed by atoms with Gasteiger partial charge in [-0.2, -0.15) is 0 Å². The van der Waals surface area contributed by atoms with Gasteiger partial charge in [0.1, 0.15) is 0 Å². The van der Waals surface area contributed by atoms with Crippen molar-refractivity contribution in [2.45, 2.75) is 6.92 Å². The highest BCUT2D eigenvalue weighted by molar-refractivity contribution is 5.91. The first-order valence-electron chi connectivity index (χ1n) is 6.59. The fourth-order valence-electron chi connectivity index (χ4n) is 2.03. The van der Waals surface area contributed by atoms with E-state index in [-0.39, 0.29) is 11.6 Å². The van der Waals surface area contributed by atoms with Gasteiger partial charge in [0.2, 0.25) is 5.82 Å². The van der Waals surface area contributed by atoms with Gasteiger partial charge < -0.3 is 0 Å². The van der Waals surface area contributed by atoms with Crippen molar-refractivity contribution in [3.8, 4) is 11.4 Å². The SMILES string of the molecule is CC(=O)c1nnc(-c2ccccc2)n1Nc1ccccc1. The molecule has 1 N–H and O–H groups in total. The number of hydrogen-bond acceptors (Lipinski definition) is 4. The molecule has 0 radical (unpaired) electrons. The minimum atomic E-state index is -0.145. The van der Waals surface area contributed by atoms with Crippen LogP contribution in [0.1, 0.15) is 17.5 Å². The third kappa shape index (κ3) is 2.67.